The fourth-order valence-electron chi connectivity index (χ4n) is 2.62. The molecule has 0 spiro atoms. The summed E-state index contributed by atoms with van der Waals surface area (Å²) >= 11 is 0. The van der Waals surface area contributed by atoms with Gasteiger partial charge in [0.2, 0.25) is 11.8 Å². The quantitative estimate of drug-likeness (QED) is 0.861. The Morgan fingerprint density at radius 1 is 1.14 bits per heavy atom. The summed E-state index contributed by atoms with van der Waals surface area (Å²) in [5.41, 5.74) is -0.0722. The summed E-state index contributed by atoms with van der Waals surface area (Å²) in [6.45, 7) is 2.36. The van der Waals surface area contributed by atoms with Crippen LogP contribution in [0.15, 0.2) is 18.2 Å². The van der Waals surface area contributed by atoms with Gasteiger partial charge in [0.15, 0.2) is 0 Å². The largest absolute Gasteiger partial charge is 0.341 e. The Balaban J connectivity index is 2.14. The van der Waals surface area contributed by atoms with E-state index >= 15 is 0 Å². The predicted octanol–water partition coefficient (Wildman–Crippen LogP) is 2.72. The van der Waals surface area contributed by atoms with Gasteiger partial charge in [-0.15, -0.1) is 0 Å². The lowest BCUT2D eigenvalue weighted by Gasteiger charge is -2.26. The van der Waals surface area contributed by atoms with Crippen LogP contribution in [0.1, 0.15) is 32.6 Å². The summed E-state index contributed by atoms with van der Waals surface area (Å²) in [4.78, 5) is 26.9. The number of likely N-dealkylation sites (tertiary alicyclic amines) is 1. The minimum atomic E-state index is -0.848. The zero-order valence-corrected chi connectivity index (χ0v) is 12.6. The second kappa shape index (κ2) is 7.33. The zero-order valence-electron chi connectivity index (χ0n) is 12.6. The molecule has 120 valence electrons. The van der Waals surface area contributed by atoms with Gasteiger partial charge in [0, 0.05) is 26.1 Å². The van der Waals surface area contributed by atoms with Crippen LogP contribution in [0, 0.1) is 11.6 Å². The van der Waals surface area contributed by atoms with Crippen molar-refractivity contribution in [3.05, 3.63) is 29.8 Å². The van der Waals surface area contributed by atoms with Crippen molar-refractivity contribution < 1.29 is 18.4 Å². The van der Waals surface area contributed by atoms with Crippen LogP contribution in [-0.4, -0.2) is 36.3 Å². The molecule has 1 aliphatic heterocycles. The van der Waals surface area contributed by atoms with Crippen LogP contribution in [0.4, 0.5) is 14.5 Å². The SMILES string of the molecule is CC(=O)N(CC(=O)N1CCCCCC1)c1ccc(F)cc1F. The third-order valence-corrected chi connectivity index (χ3v) is 3.83. The van der Waals surface area contributed by atoms with Crippen LogP contribution < -0.4 is 4.90 Å². The van der Waals surface area contributed by atoms with E-state index in [1.54, 1.807) is 4.90 Å². The molecule has 6 heteroatoms. The van der Waals surface area contributed by atoms with E-state index in [1.807, 2.05) is 0 Å². The highest BCUT2D eigenvalue weighted by Gasteiger charge is 2.23. The first-order chi connectivity index (χ1) is 10.5. The Hall–Kier alpha value is -1.98. The minimum Gasteiger partial charge on any atom is -0.341 e. The molecule has 1 heterocycles. The van der Waals surface area contributed by atoms with Crippen molar-refractivity contribution in [2.24, 2.45) is 0 Å². The van der Waals surface area contributed by atoms with Crippen LogP contribution >= 0.6 is 0 Å². The highest BCUT2D eigenvalue weighted by Crippen LogP contribution is 2.21. The topological polar surface area (TPSA) is 40.6 Å². The molecular weight excluding hydrogens is 290 g/mol. The molecule has 0 unspecified atom stereocenters. The number of carbonyl (C=O) groups is 2. The summed E-state index contributed by atoms with van der Waals surface area (Å²) in [6.07, 6.45) is 4.06. The van der Waals surface area contributed by atoms with Crippen LogP contribution in [0.2, 0.25) is 0 Å². The Morgan fingerprint density at radius 2 is 1.77 bits per heavy atom. The van der Waals surface area contributed by atoms with Gasteiger partial charge in [0.1, 0.15) is 18.2 Å². The Labute approximate surface area is 128 Å². The third-order valence-electron chi connectivity index (χ3n) is 3.83. The maximum atomic E-state index is 13.9. The van der Waals surface area contributed by atoms with Gasteiger partial charge in [-0.25, -0.2) is 8.78 Å². The maximum Gasteiger partial charge on any atom is 0.242 e. The van der Waals surface area contributed by atoms with E-state index in [9.17, 15) is 18.4 Å². The smallest absolute Gasteiger partial charge is 0.242 e. The molecule has 22 heavy (non-hydrogen) atoms. The molecular formula is C16H20F2N2O2. The molecule has 4 nitrogen and oxygen atoms in total. The summed E-state index contributed by atoms with van der Waals surface area (Å²) in [7, 11) is 0. The number of rotatable bonds is 3. The van der Waals surface area contributed by atoms with E-state index in [0.29, 0.717) is 19.2 Å². The van der Waals surface area contributed by atoms with Gasteiger partial charge in [-0.05, 0) is 25.0 Å². The van der Waals surface area contributed by atoms with Crippen LogP contribution in [0.5, 0.6) is 0 Å². The average Bonchev–Trinajstić information content (AvgIpc) is 2.74. The number of amides is 2. The second-order valence-corrected chi connectivity index (χ2v) is 5.50. The highest BCUT2D eigenvalue weighted by atomic mass is 19.1. The lowest BCUT2D eigenvalue weighted by Crippen LogP contribution is -2.43. The highest BCUT2D eigenvalue weighted by molar-refractivity contribution is 5.97. The Morgan fingerprint density at radius 3 is 2.32 bits per heavy atom. The van der Waals surface area contributed by atoms with Crippen molar-refractivity contribution in [2.45, 2.75) is 32.6 Å². The molecule has 1 aromatic rings. The second-order valence-electron chi connectivity index (χ2n) is 5.50. The van der Waals surface area contributed by atoms with E-state index in [0.717, 1.165) is 36.6 Å². The van der Waals surface area contributed by atoms with Crippen LogP contribution in [0.3, 0.4) is 0 Å². The van der Waals surface area contributed by atoms with E-state index in [-0.39, 0.29) is 18.1 Å². The van der Waals surface area contributed by atoms with E-state index in [4.69, 9.17) is 0 Å². The first kappa shape index (κ1) is 16.4. The first-order valence-corrected chi connectivity index (χ1v) is 7.50. The lowest BCUT2D eigenvalue weighted by atomic mass is 10.2. The first-order valence-electron chi connectivity index (χ1n) is 7.50. The molecule has 0 N–H and O–H groups in total. The molecule has 2 amide bonds. The summed E-state index contributed by atoms with van der Waals surface area (Å²) in [6, 6.07) is 2.97. The van der Waals surface area contributed by atoms with Crippen molar-refractivity contribution in [1.82, 2.24) is 4.90 Å². The molecule has 1 aromatic carbocycles. The summed E-state index contributed by atoms with van der Waals surface area (Å²) in [5, 5.41) is 0. The Bertz CT molecular complexity index is 555. The van der Waals surface area contributed by atoms with Crippen molar-refractivity contribution in [2.75, 3.05) is 24.5 Å². The molecule has 1 aliphatic rings. The number of anilines is 1. The number of hydrogen-bond acceptors (Lipinski definition) is 2. The van der Waals surface area contributed by atoms with E-state index in [1.165, 1.54) is 13.0 Å². The van der Waals surface area contributed by atoms with Crippen molar-refractivity contribution >= 4 is 17.5 Å². The molecule has 0 bridgehead atoms. The number of nitrogens with zero attached hydrogens (tertiary/aromatic N) is 2. The van der Waals surface area contributed by atoms with Gasteiger partial charge in [-0.1, -0.05) is 12.8 Å². The van der Waals surface area contributed by atoms with Crippen molar-refractivity contribution in [3.8, 4) is 0 Å². The normalized spacial score (nSPS) is 15.3. The van der Waals surface area contributed by atoms with Crippen LogP contribution in [-0.2, 0) is 9.59 Å². The fourth-order valence-corrected chi connectivity index (χ4v) is 2.62. The van der Waals surface area contributed by atoms with E-state index in [2.05, 4.69) is 0 Å². The number of carbonyl (C=O) groups excluding carboxylic acids is 2. The van der Waals surface area contributed by atoms with E-state index < -0.39 is 17.5 Å². The molecule has 1 saturated heterocycles. The predicted molar refractivity (Wildman–Crippen MR) is 79.4 cm³/mol. The van der Waals surface area contributed by atoms with Crippen molar-refractivity contribution in [3.63, 3.8) is 0 Å². The molecule has 2 rings (SSSR count). The third kappa shape index (κ3) is 4.02. The van der Waals surface area contributed by atoms with Gasteiger partial charge in [-0.3, -0.25) is 9.59 Å². The van der Waals surface area contributed by atoms with Gasteiger partial charge >= 0.3 is 0 Å². The average molecular weight is 310 g/mol. The molecule has 0 saturated carbocycles. The number of benzene rings is 1. The minimum absolute atomic E-state index is 0.0722. The van der Waals surface area contributed by atoms with Gasteiger partial charge in [-0.2, -0.15) is 0 Å². The van der Waals surface area contributed by atoms with Crippen molar-refractivity contribution in [1.29, 1.82) is 0 Å². The Kier molecular flexibility index (Phi) is 5.46. The number of halogens is 2. The molecule has 1 fully saturated rings. The lowest BCUT2D eigenvalue weighted by molar-refractivity contribution is -0.131. The standard InChI is InChI=1S/C16H20F2N2O2/c1-12(21)20(15-7-6-13(17)10-14(15)18)11-16(22)19-8-4-2-3-5-9-19/h6-7,10H,2-5,8-9,11H2,1H3. The molecule has 0 radical (unpaired) electrons. The zero-order chi connectivity index (χ0) is 16.1. The molecule has 0 atom stereocenters. The fraction of sp³-hybridized carbons (Fsp3) is 0.500. The maximum absolute atomic E-state index is 13.9. The van der Waals surface area contributed by atoms with Gasteiger partial charge < -0.3 is 9.80 Å². The van der Waals surface area contributed by atoms with Gasteiger partial charge in [0.25, 0.3) is 0 Å². The van der Waals surface area contributed by atoms with Crippen LogP contribution in [0.25, 0.3) is 0 Å². The molecule has 0 aromatic heterocycles. The summed E-state index contributed by atoms with van der Waals surface area (Å²) < 4.78 is 26.9. The van der Waals surface area contributed by atoms with Gasteiger partial charge in [0.05, 0.1) is 5.69 Å². The monoisotopic (exact) mass is 310 g/mol. The number of hydrogen-bond donors (Lipinski definition) is 0. The molecule has 0 aliphatic carbocycles. The summed E-state index contributed by atoms with van der Waals surface area (Å²) in [5.74, 6) is -2.23.